The van der Waals surface area contributed by atoms with Crippen LogP contribution in [0.2, 0.25) is 0 Å². The minimum Gasteiger partial charge on any atom is -0.306 e. The Labute approximate surface area is 110 Å². The van der Waals surface area contributed by atoms with Crippen LogP contribution in [0.15, 0.2) is 36.4 Å². The van der Waals surface area contributed by atoms with Crippen LogP contribution in [0.4, 0.5) is 10.2 Å². The summed E-state index contributed by atoms with van der Waals surface area (Å²) < 4.78 is 12.7. The Hall–Kier alpha value is -2.43. The van der Waals surface area contributed by atoms with Crippen LogP contribution in [-0.4, -0.2) is 16.1 Å². The normalized spacial score (nSPS) is 10.8. The number of halogens is 1. The summed E-state index contributed by atoms with van der Waals surface area (Å²) in [5.41, 5.74) is 1.71. The summed E-state index contributed by atoms with van der Waals surface area (Å²) in [4.78, 5) is 11.6. The molecule has 0 aliphatic rings. The number of hydrogen-bond acceptors (Lipinski definition) is 2. The molecular weight excluding hydrogens is 245 g/mol. The summed E-state index contributed by atoms with van der Waals surface area (Å²) >= 11 is 0. The van der Waals surface area contributed by atoms with Crippen LogP contribution in [0.3, 0.4) is 0 Å². The van der Waals surface area contributed by atoms with E-state index in [1.807, 2.05) is 6.92 Å². The number of nitrogens with one attached hydrogen (secondary N) is 2. The number of aromatic amines is 1. The molecule has 19 heavy (non-hydrogen) atoms. The number of anilines is 1. The Kier molecular flexibility index (Phi) is 4.07. The third kappa shape index (κ3) is 3.77. The standard InChI is InChI=1S/C14H14FN3O/c1-2-12-9-13(18-17-12)16-14(19)8-5-10-3-6-11(15)7-4-10/h3-9H,2H2,1H3,(H2,16,17,18,19)/b8-5+. The number of benzene rings is 1. The first-order chi connectivity index (χ1) is 9.17. The fraction of sp³-hybridized carbons (Fsp3) is 0.143. The zero-order valence-corrected chi connectivity index (χ0v) is 10.5. The van der Waals surface area contributed by atoms with Crippen LogP contribution in [0, 0.1) is 5.82 Å². The second-order valence-electron chi connectivity index (χ2n) is 4.01. The average molecular weight is 259 g/mol. The van der Waals surface area contributed by atoms with Gasteiger partial charge in [-0.2, -0.15) is 5.10 Å². The molecule has 5 heteroatoms. The summed E-state index contributed by atoms with van der Waals surface area (Å²) in [5, 5.41) is 9.40. The first-order valence-corrected chi connectivity index (χ1v) is 5.96. The Morgan fingerprint density at radius 1 is 1.42 bits per heavy atom. The van der Waals surface area contributed by atoms with E-state index in [0.29, 0.717) is 5.82 Å². The van der Waals surface area contributed by atoms with Crippen molar-refractivity contribution in [2.45, 2.75) is 13.3 Å². The number of carbonyl (C=O) groups is 1. The molecule has 2 rings (SSSR count). The molecule has 0 spiro atoms. The molecule has 1 aromatic heterocycles. The summed E-state index contributed by atoms with van der Waals surface area (Å²) in [5.74, 6) is -0.0886. The van der Waals surface area contributed by atoms with Gasteiger partial charge in [-0.25, -0.2) is 4.39 Å². The lowest BCUT2D eigenvalue weighted by atomic mass is 10.2. The summed E-state index contributed by atoms with van der Waals surface area (Å²) in [6, 6.07) is 7.67. The first-order valence-electron chi connectivity index (χ1n) is 5.96. The molecule has 2 aromatic rings. The van der Waals surface area contributed by atoms with Gasteiger partial charge in [-0.3, -0.25) is 9.89 Å². The molecule has 0 radical (unpaired) electrons. The Morgan fingerprint density at radius 3 is 2.79 bits per heavy atom. The molecule has 4 nitrogen and oxygen atoms in total. The highest BCUT2D eigenvalue weighted by Gasteiger charge is 2.02. The van der Waals surface area contributed by atoms with Gasteiger partial charge in [0.25, 0.3) is 0 Å². The Balaban J connectivity index is 1.95. The van der Waals surface area contributed by atoms with Crippen LogP contribution in [-0.2, 0) is 11.2 Å². The molecule has 0 bridgehead atoms. The van der Waals surface area contributed by atoms with E-state index in [0.717, 1.165) is 17.7 Å². The number of carbonyl (C=O) groups excluding carboxylic acids is 1. The van der Waals surface area contributed by atoms with Crippen LogP contribution in [0.1, 0.15) is 18.2 Å². The van der Waals surface area contributed by atoms with Crippen molar-refractivity contribution in [1.29, 1.82) is 0 Å². The molecule has 0 aliphatic carbocycles. The van der Waals surface area contributed by atoms with Gasteiger partial charge in [0.15, 0.2) is 5.82 Å². The number of rotatable bonds is 4. The minimum atomic E-state index is -0.301. The summed E-state index contributed by atoms with van der Waals surface area (Å²) in [7, 11) is 0. The topological polar surface area (TPSA) is 57.8 Å². The van der Waals surface area contributed by atoms with Crippen molar-refractivity contribution >= 4 is 17.8 Å². The van der Waals surface area contributed by atoms with E-state index < -0.39 is 0 Å². The largest absolute Gasteiger partial charge is 0.306 e. The number of aryl methyl sites for hydroxylation is 1. The van der Waals surface area contributed by atoms with E-state index >= 15 is 0 Å². The maximum absolute atomic E-state index is 12.7. The van der Waals surface area contributed by atoms with Crippen molar-refractivity contribution in [3.05, 3.63) is 53.5 Å². The van der Waals surface area contributed by atoms with Crippen LogP contribution in [0.25, 0.3) is 6.08 Å². The molecule has 0 aliphatic heterocycles. The number of H-pyrrole nitrogens is 1. The first kappa shape index (κ1) is 13.0. The molecule has 0 unspecified atom stereocenters. The van der Waals surface area contributed by atoms with E-state index in [1.165, 1.54) is 18.2 Å². The zero-order valence-electron chi connectivity index (χ0n) is 10.5. The maximum Gasteiger partial charge on any atom is 0.249 e. The van der Waals surface area contributed by atoms with Gasteiger partial charge in [0.05, 0.1) is 0 Å². The fourth-order valence-corrected chi connectivity index (χ4v) is 1.52. The van der Waals surface area contributed by atoms with Crippen LogP contribution in [0.5, 0.6) is 0 Å². The molecule has 1 heterocycles. The molecule has 0 atom stereocenters. The highest BCUT2D eigenvalue weighted by atomic mass is 19.1. The van der Waals surface area contributed by atoms with Gasteiger partial charge in [-0.1, -0.05) is 19.1 Å². The molecule has 1 amide bonds. The predicted octanol–water partition coefficient (Wildman–Crippen LogP) is 2.76. The Bertz CT molecular complexity index is 587. The molecule has 0 saturated heterocycles. The lowest BCUT2D eigenvalue weighted by molar-refractivity contribution is -0.111. The molecule has 1 aromatic carbocycles. The van der Waals surface area contributed by atoms with Crippen molar-refractivity contribution < 1.29 is 9.18 Å². The number of nitrogens with zero attached hydrogens (tertiary/aromatic N) is 1. The predicted molar refractivity (Wildman–Crippen MR) is 72.0 cm³/mol. The second kappa shape index (κ2) is 5.95. The van der Waals surface area contributed by atoms with Crippen LogP contribution >= 0.6 is 0 Å². The smallest absolute Gasteiger partial charge is 0.249 e. The van der Waals surface area contributed by atoms with Crippen LogP contribution < -0.4 is 5.32 Å². The Morgan fingerprint density at radius 2 is 2.16 bits per heavy atom. The van der Waals surface area contributed by atoms with Crippen molar-refractivity contribution in [2.75, 3.05) is 5.32 Å². The third-order valence-corrected chi connectivity index (χ3v) is 2.56. The average Bonchev–Trinajstić information content (AvgIpc) is 2.86. The van der Waals surface area contributed by atoms with Crippen molar-refractivity contribution in [1.82, 2.24) is 10.2 Å². The third-order valence-electron chi connectivity index (χ3n) is 2.56. The number of hydrogen-bond donors (Lipinski definition) is 2. The van der Waals surface area contributed by atoms with E-state index in [-0.39, 0.29) is 11.7 Å². The lowest BCUT2D eigenvalue weighted by Crippen LogP contribution is -2.07. The van der Waals surface area contributed by atoms with Gasteiger partial charge in [0, 0.05) is 17.8 Å². The fourth-order valence-electron chi connectivity index (χ4n) is 1.52. The van der Waals surface area contributed by atoms with E-state index in [2.05, 4.69) is 15.5 Å². The molecular formula is C14H14FN3O. The van der Waals surface area contributed by atoms with Gasteiger partial charge >= 0.3 is 0 Å². The highest BCUT2D eigenvalue weighted by Crippen LogP contribution is 2.07. The van der Waals surface area contributed by atoms with Crippen molar-refractivity contribution in [2.24, 2.45) is 0 Å². The monoisotopic (exact) mass is 259 g/mol. The molecule has 2 N–H and O–H groups in total. The number of amides is 1. The summed E-state index contributed by atoms with van der Waals surface area (Å²) in [6.07, 6.45) is 3.82. The lowest BCUT2D eigenvalue weighted by Gasteiger charge is -1.96. The molecule has 98 valence electrons. The molecule has 0 saturated carbocycles. The van der Waals surface area contributed by atoms with Crippen molar-refractivity contribution in [3.8, 4) is 0 Å². The summed E-state index contributed by atoms with van der Waals surface area (Å²) in [6.45, 7) is 1.99. The second-order valence-corrected chi connectivity index (χ2v) is 4.01. The van der Waals surface area contributed by atoms with E-state index in [9.17, 15) is 9.18 Å². The van der Waals surface area contributed by atoms with E-state index in [4.69, 9.17) is 0 Å². The van der Waals surface area contributed by atoms with E-state index in [1.54, 1.807) is 24.3 Å². The van der Waals surface area contributed by atoms with Gasteiger partial charge in [-0.05, 0) is 30.2 Å². The zero-order chi connectivity index (χ0) is 13.7. The van der Waals surface area contributed by atoms with Crippen molar-refractivity contribution in [3.63, 3.8) is 0 Å². The number of aromatic nitrogens is 2. The maximum atomic E-state index is 12.7. The van der Waals surface area contributed by atoms with Gasteiger partial charge in [0.2, 0.25) is 5.91 Å². The van der Waals surface area contributed by atoms with Gasteiger partial charge < -0.3 is 5.32 Å². The highest BCUT2D eigenvalue weighted by molar-refractivity contribution is 6.01. The van der Waals surface area contributed by atoms with Gasteiger partial charge in [-0.15, -0.1) is 0 Å². The minimum absolute atomic E-state index is 0.279. The molecule has 0 fully saturated rings. The van der Waals surface area contributed by atoms with Gasteiger partial charge in [0.1, 0.15) is 5.82 Å². The SMILES string of the molecule is CCc1cc(NC(=O)/C=C/c2ccc(F)cc2)n[nH]1. The quantitative estimate of drug-likeness (QED) is 0.829.